The summed E-state index contributed by atoms with van der Waals surface area (Å²) in [5, 5.41) is 23.2. The van der Waals surface area contributed by atoms with Crippen molar-refractivity contribution in [3.05, 3.63) is 65.2 Å². The summed E-state index contributed by atoms with van der Waals surface area (Å²) in [6.07, 6.45) is -0.751. The minimum Gasteiger partial charge on any atom is -0.384 e. The van der Waals surface area contributed by atoms with Crippen LogP contribution in [0.1, 0.15) is 49.2 Å². The highest BCUT2D eigenvalue weighted by atomic mass is 19.4. The van der Waals surface area contributed by atoms with Crippen molar-refractivity contribution >= 4 is 11.6 Å². The Morgan fingerprint density at radius 3 is 2.35 bits per heavy atom. The van der Waals surface area contributed by atoms with Gasteiger partial charge < -0.3 is 10.4 Å². The zero-order valence-corrected chi connectivity index (χ0v) is 21.0. The van der Waals surface area contributed by atoms with Crippen LogP contribution in [0.25, 0.3) is 17.1 Å². The Kier molecular flexibility index (Phi) is 6.06. The second-order valence-corrected chi connectivity index (χ2v) is 10.1. The zero-order valence-electron chi connectivity index (χ0n) is 21.0. The van der Waals surface area contributed by atoms with E-state index in [9.17, 15) is 18.3 Å². The van der Waals surface area contributed by atoms with Gasteiger partial charge in [-0.3, -0.25) is 0 Å². The van der Waals surface area contributed by atoms with Crippen LogP contribution in [0.2, 0.25) is 0 Å². The Balaban J connectivity index is 1.50. The van der Waals surface area contributed by atoms with Crippen LogP contribution in [0.4, 0.5) is 24.8 Å². The Bertz CT molecular complexity index is 1430. The molecule has 1 fully saturated rings. The maximum absolute atomic E-state index is 13.0. The first-order valence-electron chi connectivity index (χ1n) is 12.0. The molecular formula is C26H28F3N7O. The standard InChI is InChI=1S/C26H28F3N7O/c1-15-11-20(25(3,4)37)36(33-15)22-12-21(30-14-31-22)32-24-16(2)23(34-35(24)13-17-5-6-17)18-7-9-19(10-8-18)26(27,28)29/h7-12,14,17,37H,5-6,13H2,1-4H3,(H,30,31,32). The van der Waals surface area contributed by atoms with E-state index in [2.05, 4.69) is 20.4 Å². The molecule has 0 bridgehead atoms. The number of nitrogens with one attached hydrogen (secondary N) is 1. The maximum Gasteiger partial charge on any atom is 0.416 e. The Morgan fingerprint density at radius 2 is 1.73 bits per heavy atom. The van der Waals surface area contributed by atoms with Gasteiger partial charge in [0.05, 0.1) is 22.6 Å². The number of aryl methyl sites for hydroxylation is 1. The minimum atomic E-state index is -4.39. The van der Waals surface area contributed by atoms with Gasteiger partial charge in [0, 0.05) is 23.7 Å². The van der Waals surface area contributed by atoms with Gasteiger partial charge in [-0.05, 0) is 64.7 Å². The highest BCUT2D eigenvalue weighted by molar-refractivity contribution is 5.71. The summed E-state index contributed by atoms with van der Waals surface area (Å²) in [6, 6.07) is 8.58. The first-order chi connectivity index (χ1) is 17.4. The topological polar surface area (TPSA) is 93.7 Å². The number of aliphatic hydroxyl groups is 1. The van der Waals surface area contributed by atoms with Crippen LogP contribution in [0.3, 0.4) is 0 Å². The number of hydrogen-bond acceptors (Lipinski definition) is 6. The summed E-state index contributed by atoms with van der Waals surface area (Å²) in [7, 11) is 0. The summed E-state index contributed by atoms with van der Waals surface area (Å²) in [6.45, 7) is 7.79. The van der Waals surface area contributed by atoms with E-state index in [1.807, 2.05) is 18.5 Å². The van der Waals surface area contributed by atoms with Gasteiger partial charge in [0.1, 0.15) is 23.6 Å². The number of halogens is 3. The van der Waals surface area contributed by atoms with Gasteiger partial charge in [0.25, 0.3) is 0 Å². The van der Waals surface area contributed by atoms with Crippen LogP contribution in [0.15, 0.2) is 42.7 Å². The monoisotopic (exact) mass is 511 g/mol. The molecule has 0 atom stereocenters. The number of hydrogen-bond donors (Lipinski definition) is 2. The van der Waals surface area contributed by atoms with Gasteiger partial charge in [0.2, 0.25) is 0 Å². The lowest BCUT2D eigenvalue weighted by molar-refractivity contribution is -0.137. The van der Waals surface area contributed by atoms with Crippen molar-refractivity contribution < 1.29 is 18.3 Å². The minimum absolute atomic E-state index is 0.483. The van der Waals surface area contributed by atoms with E-state index >= 15 is 0 Å². The number of anilines is 2. The third-order valence-corrected chi connectivity index (χ3v) is 6.38. The van der Waals surface area contributed by atoms with Crippen molar-refractivity contribution in [1.82, 2.24) is 29.5 Å². The van der Waals surface area contributed by atoms with E-state index in [1.54, 1.807) is 30.7 Å². The van der Waals surface area contributed by atoms with Crippen molar-refractivity contribution in [1.29, 1.82) is 0 Å². The molecule has 194 valence electrons. The Morgan fingerprint density at radius 1 is 1.03 bits per heavy atom. The fourth-order valence-electron chi connectivity index (χ4n) is 4.24. The van der Waals surface area contributed by atoms with E-state index in [0.29, 0.717) is 46.9 Å². The SMILES string of the molecule is Cc1cc(C(C)(C)O)n(-c2cc(Nc3c(C)c(-c4ccc(C(F)(F)F)cc4)nn3CC3CC3)ncn2)n1. The van der Waals surface area contributed by atoms with E-state index in [0.717, 1.165) is 36.2 Å². The molecule has 1 saturated carbocycles. The van der Waals surface area contributed by atoms with Crippen molar-refractivity contribution in [3.63, 3.8) is 0 Å². The molecule has 5 rings (SSSR count). The van der Waals surface area contributed by atoms with Crippen molar-refractivity contribution in [2.45, 2.75) is 58.9 Å². The summed E-state index contributed by atoms with van der Waals surface area (Å²) < 4.78 is 42.6. The highest BCUT2D eigenvalue weighted by Crippen LogP contribution is 2.37. The third kappa shape index (κ3) is 5.22. The van der Waals surface area contributed by atoms with Gasteiger partial charge in [-0.15, -0.1) is 0 Å². The lowest BCUT2D eigenvalue weighted by atomic mass is 10.1. The molecule has 0 amide bonds. The molecule has 3 heterocycles. The molecule has 0 saturated heterocycles. The second kappa shape index (κ2) is 8.98. The van der Waals surface area contributed by atoms with Crippen LogP contribution in [0.5, 0.6) is 0 Å². The van der Waals surface area contributed by atoms with Crippen LogP contribution in [0, 0.1) is 19.8 Å². The van der Waals surface area contributed by atoms with Crippen molar-refractivity contribution in [2.24, 2.45) is 5.92 Å². The molecule has 11 heteroatoms. The van der Waals surface area contributed by atoms with Crippen LogP contribution in [-0.4, -0.2) is 34.6 Å². The quantitative estimate of drug-likeness (QED) is 0.338. The largest absolute Gasteiger partial charge is 0.416 e. The average molecular weight is 512 g/mol. The maximum atomic E-state index is 13.0. The number of rotatable bonds is 7. The van der Waals surface area contributed by atoms with Gasteiger partial charge in [-0.2, -0.15) is 23.4 Å². The van der Waals surface area contributed by atoms with Crippen molar-refractivity contribution in [2.75, 3.05) is 5.32 Å². The molecule has 2 N–H and O–H groups in total. The smallest absolute Gasteiger partial charge is 0.384 e. The fraction of sp³-hybridized carbons (Fsp3) is 0.385. The lowest BCUT2D eigenvalue weighted by Gasteiger charge is -2.18. The van der Waals surface area contributed by atoms with E-state index < -0.39 is 17.3 Å². The number of nitrogens with zero attached hydrogens (tertiary/aromatic N) is 6. The van der Waals surface area contributed by atoms with E-state index in [4.69, 9.17) is 5.10 Å². The predicted octanol–water partition coefficient (Wildman–Crippen LogP) is 5.54. The van der Waals surface area contributed by atoms with Crippen molar-refractivity contribution in [3.8, 4) is 17.1 Å². The fourth-order valence-corrected chi connectivity index (χ4v) is 4.24. The summed E-state index contributed by atoms with van der Waals surface area (Å²) in [5.41, 5.74) is 1.52. The average Bonchev–Trinajstić information content (AvgIpc) is 3.48. The number of benzene rings is 1. The molecule has 1 aromatic carbocycles. The molecule has 0 radical (unpaired) electrons. The first-order valence-corrected chi connectivity index (χ1v) is 12.0. The predicted molar refractivity (Wildman–Crippen MR) is 133 cm³/mol. The van der Waals surface area contributed by atoms with Crippen LogP contribution >= 0.6 is 0 Å². The molecule has 0 spiro atoms. The molecular weight excluding hydrogens is 483 g/mol. The normalized spacial score (nSPS) is 14.3. The summed E-state index contributed by atoms with van der Waals surface area (Å²) in [4.78, 5) is 8.71. The molecule has 4 aromatic rings. The zero-order chi connectivity index (χ0) is 26.5. The van der Waals surface area contributed by atoms with Crippen LogP contribution < -0.4 is 5.32 Å². The number of aromatic nitrogens is 6. The second-order valence-electron chi connectivity index (χ2n) is 10.1. The molecule has 1 aliphatic rings. The molecule has 0 aliphatic heterocycles. The molecule has 8 nitrogen and oxygen atoms in total. The molecule has 37 heavy (non-hydrogen) atoms. The van der Waals surface area contributed by atoms with Crippen LogP contribution in [-0.2, 0) is 18.3 Å². The highest BCUT2D eigenvalue weighted by Gasteiger charge is 2.31. The van der Waals surface area contributed by atoms with Gasteiger partial charge in [-0.25, -0.2) is 19.3 Å². The third-order valence-electron chi connectivity index (χ3n) is 6.38. The Hall–Kier alpha value is -3.73. The van der Waals surface area contributed by atoms with Gasteiger partial charge in [-0.1, -0.05) is 12.1 Å². The Labute approximate surface area is 212 Å². The molecule has 1 aliphatic carbocycles. The molecule has 0 unspecified atom stereocenters. The first kappa shape index (κ1) is 24.9. The lowest BCUT2D eigenvalue weighted by Crippen LogP contribution is -2.21. The number of alkyl halides is 3. The summed E-state index contributed by atoms with van der Waals surface area (Å²) in [5.74, 6) is 2.21. The van der Waals surface area contributed by atoms with E-state index in [-0.39, 0.29) is 0 Å². The van der Waals surface area contributed by atoms with Gasteiger partial charge >= 0.3 is 6.18 Å². The summed E-state index contributed by atoms with van der Waals surface area (Å²) >= 11 is 0. The van der Waals surface area contributed by atoms with E-state index in [1.165, 1.54) is 18.5 Å². The van der Waals surface area contributed by atoms with Gasteiger partial charge in [0.15, 0.2) is 5.82 Å². The molecule has 3 aromatic heterocycles.